The summed E-state index contributed by atoms with van der Waals surface area (Å²) in [5.41, 5.74) is 3.92. The van der Waals surface area contributed by atoms with Gasteiger partial charge in [0.25, 0.3) is 5.91 Å². The second-order valence-corrected chi connectivity index (χ2v) is 8.11. The summed E-state index contributed by atoms with van der Waals surface area (Å²) in [5, 5.41) is 2.83. The first-order chi connectivity index (χ1) is 12.7. The van der Waals surface area contributed by atoms with E-state index < -0.39 is 16.1 Å². The van der Waals surface area contributed by atoms with Gasteiger partial charge in [-0.2, -0.15) is 8.42 Å². The van der Waals surface area contributed by atoms with Crippen molar-refractivity contribution in [1.29, 1.82) is 0 Å². The smallest absolute Gasteiger partial charge is 0.322 e. The molecule has 0 atom stereocenters. The van der Waals surface area contributed by atoms with Crippen LogP contribution in [0, 0.1) is 13.8 Å². The molecule has 140 valence electrons. The Bertz CT molecular complexity index is 1020. The monoisotopic (exact) mass is 383 g/mol. The van der Waals surface area contributed by atoms with Crippen molar-refractivity contribution in [2.75, 3.05) is 5.32 Å². The molecule has 0 spiro atoms. The molecule has 1 amide bonds. The Labute approximate surface area is 159 Å². The van der Waals surface area contributed by atoms with Crippen LogP contribution in [-0.2, 0) is 21.5 Å². The zero-order valence-corrected chi connectivity index (χ0v) is 16.2. The average molecular weight is 383 g/mol. The summed E-state index contributed by atoms with van der Waals surface area (Å²) in [5.74, 6) is -0.394. The summed E-state index contributed by atoms with van der Waals surface area (Å²) in [7, 11) is -3.86. The van der Waals surface area contributed by atoms with Crippen LogP contribution in [0.25, 0.3) is 0 Å². The molecular formula is C20H21N3O3S. The maximum Gasteiger partial charge on any atom is 0.344 e. The van der Waals surface area contributed by atoms with Crippen LogP contribution in [0.2, 0.25) is 0 Å². The fourth-order valence-corrected chi connectivity index (χ4v) is 4.04. The lowest BCUT2D eigenvalue weighted by molar-refractivity contribution is -0.112. The average Bonchev–Trinajstić information content (AvgIpc) is 2.56. The van der Waals surface area contributed by atoms with Gasteiger partial charge in [-0.25, -0.2) is 0 Å². The van der Waals surface area contributed by atoms with E-state index in [-0.39, 0.29) is 17.8 Å². The molecule has 7 heteroatoms. The third kappa shape index (κ3) is 4.43. The molecule has 0 aliphatic carbocycles. The van der Waals surface area contributed by atoms with Gasteiger partial charge in [0.1, 0.15) is 0 Å². The van der Waals surface area contributed by atoms with Crippen LogP contribution in [0.4, 0.5) is 5.69 Å². The Morgan fingerprint density at radius 3 is 2.30 bits per heavy atom. The predicted octanol–water partition coefficient (Wildman–Crippen LogP) is 3.35. The number of rotatable bonds is 4. The van der Waals surface area contributed by atoms with Crippen molar-refractivity contribution < 1.29 is 13.2 Å². The van der Waals surface area contributed by atoms with Gasteiger partial charge in [0.15, 0.2) is 0 Å². The van der Waals surface area contributed by atoms with Crippen LogP contribution in [0.15, 0.2) is 64.7 Å². The number of anilines is 1. The molecule has 3 rings (SSSR count). The Morgan fingerprint density at radius 1 is 1.04 bits per heavy atom. The molecular weight excluding hydrogens is 362 g/mol. The second-order valence-electron chi connectivity index (χ2n) is 6.56. The topological polar surface area (TPSA) is 78.8 Å². The van der Waals surface area contributed by atoms with E-state index in [2.05, 4.69) is 9.71 Å². The summed E-state index contributed by atoms with van der Waals surface area (Å²) in [6, 6.07) is 14.9. The van der Waals surface area contributed by atoms with E-state index in [1.165, 1.54) is 13.1 Å². The van der Waals surface area contributed by atoms with E-state index in [0.29, 0.717) is 5.69 Å². The molecule has 27 heavy (non-hydrogen) atoms. The van der Waals surface area contributed by atoms with Crippen LogP contribution in [0.3, 0.4) is 0 Å². The number of aryl methyl sites for hydroxylation is 2. The molecule has 1 aliphatic heterocycles. The van der Waals surface area contributed by atoms with Crippen molar-refractivity contribution >= 4 is 27.5 Å². The highest BCUT2D eigenvalue weighted by Gasteiger charge is 2.28. The number of carbonyl (C=O) groups is 1. The van der Waals surface area contributed by atoms with Gasteiger partial charge in [-0.15, -0.1) is 4.40 Å². The van der Waals surface area contributed by atoms with Gasteiger partial charge in [0.05, 0.1) is 17.8 Å². The summed E-state index contributed by atoms with van der Waals surface area (Å²) >= 11 is 0. The van der Waals surface area contributed by atoms with Crippen LogP contribution in [0.1, 0.15) is 23.6 Å². The van der Waals surface area contributed by atoms with Crippen molar-refractivity contribution in [1.82, 2.24) is 4.31 Å². The minimum Gasteiger partial charge on any atom is -0.322 e. The van der Waals surface area contributed by atoms with Crippen LogP contribution in [-0.4, -0.2) is 24.3 Å². The van der Waals surface area contributed by atoms with Crippen molar-refractivity contribution in [3.63, 3.8) is 0 Å². The van der Waals surface area contributed by atoms with Gasteiger partial charge >= 0.3 is 10.2 Å². The Kier molecular flexibility index (Phi) is 5.14. The van der Waals surface area contributed by atoms with Crippen LogP contribution >= 0.6 is 0 Å². The maximum absolute atomic E-state index is 12.7. The van der Waals surface area contributed by atoms with Gasteiger partial charge in [-0.05, 0) is 49.6 Å². The molecule has 2 aromatic rings. The van der Waals surface area contributed by atoms with Crippen LogP contribution < -0.4 is 5.32 Å². The SMILES string of the molecule is CC1=NS(=O)(=O)N(Cc2ccccc2)C=C1C(=O)Nc1cc(C)cc(C)c1. The molecule has 0 saturated heterocycles. The molecule has 0 bridgehead atoms. The fourth-order valence-electron chi connectivity index (χ4n) is 2.94. The predicted molar refractivity (Wildman–Crippen MR) is 107 cm³/mol. The van der Waals surface area contributed by atoms with Gasteiger partial charge in [0.2, 0.25) is 0 Å². The Morgan fingerprint density at radius 2 is 1.67 bits per heavy atom. The Hall–Kier alpha value is -2.93. The van der Waals surface area contributed by atoms with E-state index in [9.17, 15) is 13.2 Å². The van der Waals surface area contributed by atoms with Crippen molar-refractivity contribution in [2.24, 2.45) is 4.40 Å². The zero-order valence-electron chi connectivity index (χ0n) is 15.4. The van der Waals surface area contributed by atoms with E-state index in [1.54, 1.807) is 0 Å². The van der Waals surface area contributed by atoms with E-state index in [0.717, 1.165) is 21.0 Å². The Balaban J connectivity index is 1.88. The molecule has 1 aliphatic rings. The zero-order chi connectivity index (χ0) is 19.6. The van der Waals surface area contributed by atoms with Crippen molar-refractivity contribution in [2.45, 2.75) is 27.3 Å². The highest BCUT2D eigenvalue weighted by molar-refractivity contribution is 7.88. The lowest BCUT2D eigenvalue weighted by Crippen LogP contribution is -2.32. The highest BCUT2D eigenvalue weighted by atomic mass is 32.2. The summed E-state index contributed by atoms with van der Waals surface area (Å²) in [4.78, 5) is 12.7. The number of nitrogens with zero attached hydrogens (tertiary/aromatic N) is 2. The third-order valence-electron chi connectivity index (χ3n) is 4.12. The van der Waals surface area contributed by atoms with Gasteiger partial charge < -0.3 is 5.32 Å². The quantitative estimate of drug-likeness (QED) is 0.879. The van der Waals surface area contributed by atoms with Gasteiger partial charge in [0, 0.05) is 11.9 Å². The first-order valence-corrected chi connectivity index (χ1v) is 9.88. The molecule has 1 heterocycles. The molecule has 1 N–H and O–H groups in total. The minimum atomic E-state index is -3.86. The van der Waals surface area contributed by atoms with Crippen LogP contribution in [0.5, 0.6) is 0 Å². The third-order valence-corrected chi connectivity index (χ3v) is 5.45. The second kappa shape index (κ2) is 7.36. The van der Waals surface area contributed by atoms with Gasteiger partial charge in [-0.3, -0.25) is 9.10 Å². The first-order valence-electron chi connectivity index (χ1n) is 8.49. The number of hydrogen-bond donors (Lipinski definition) is 1. The largest absolute Gasteiger partial charge is 0.344 e. The molecule has 0 unspecified atom stereocenters. The number of hydrogen-bond acceptors (Lipinski definition) is 3. The highest BCUT2D eigenvalue weighted by Crippen LogP contribution is 2.21. The standard InChI is InChI=1S/C20H21N3O3S/c1-14-9-15(2)11-18(10-14)21-20(24)19-13-23(27(25,26)22-16(19)3)12-17-7-5-4-6-8-17/h4-11,13H,12H2,1-3H3,(H,21,24). The number of benzene rings is 2. The summed E-state index contributed by atoms with van der Waals surface area (Å²) in [6.07, 6.45) is 1.35. The molecule has 2 aromatic carbocycles. The lowest BCUT2D eigenvalue weighted by Gasteiger charge is -2.23. The van der Waals surface area contributed by atoms with Gasteiger partial charge in [-0.1, -0.05) is 36.4 Å². The number of carbonyl (C=O) groups excluding carboxylic acids is 1. The molecule has 6 nitrogen and oxygen atoms in total. The molecule has 0 saturated carbocycles. The van der Waals surface area contributed by atoms with Crippen molar-refractivity contribution in [3.8, 4) is 0 Å². The molecule has 0 aromatic heterocycles. The minimum absolute atomic E-state index is 0.111. The maximum atomic E-state index is 12.7. The van der Waals surface area contributed by atoms with E-state index in [4.69, 9.17) is 0 Å². The normalized spacial score (nSPS) is 15.7. The summed E-state index contributed by atoms with van der Waals surface area (Å²) < 4.78 is 29.6. The first kappa shape index (κ1) is 18.8. The van der Waals surface area contributed by atoms with E-state index >= 15 is 0 Å². The van der Waals surface area contributed by atoms with Crippen molar-refractivity contribution in [3.05, 3.63) is 77.0 Å². The molecule has 0 radical (unpaired) electrons. The fraction of sp³-hybridized carbons (Fsp3) is 0.200. The number of amides is 1. The molecule has 0 fully saturated rings. The summed E-state index contributed by atoms with van der Waals surface area (Å²) in [6.45, 7) is 5.53. The van der Waals surface area contributed by atoms with E-state index in [1.807, 2.05) is 62.4 Å². The lowest BCUT2D eigenvalue weighted by atomic mass is 10.1. The number of nitrogens with one attached hydrogen (secondary N) is 1.